The molecule has 0 aliphatic carbocycles. The number of amides is 1. The summed E-state index contributed by atoms with van der Waals surface area (Å²) < 4.78 is 5.86. The van der Waals surface area contributed by atoms with Crippen LogP contribution in [0.4, 0.5) is 5.82 Å². The van der Waals surface area contributed by atoms with E-state index in [0.717, 1.165) is 24.4 Å². The minimum Gasteiger partial charge on any atom is -0.478 e. The summed E-state index contributed by atoms with van der Waals surface area (Å²) in [4.78, 5) is 26.9. The van der Waals surface area contributed by atoms with Gasteiger partial charge >= 0.3 is 0 Å². The molecule has 3 aromatic rings. The van der Waals surface area contributed by atoms with E-state index < -0.39 is 0 Å². The van der Waals surface area contributed by atoms with Crippen molar-refractivity contribution in [2.24, 2.45) is 5.92 Å². The van der Waals surface area contributed by atoms with E-state index in [2.05, 4.69) is 32.1 Å². The second-order valence-electron chi connectivity index (χ2n) is 7.67. The largest absolute Gasteiger partial charge is 0.478 e. The summed E-state index contributed by atoms with van der Waals surface area (Å²) in [6.45, 7) is 6.35. The first-order valence-corrected chi connectivity index (χ1v) is 10.2. The molecule has 0 radical (unpaired) electrons. The van der Waals surface area contributed by atoms with Gasteiger partial charge in [-0.1, -0.05) is 13.0 Å². The van der Waals surface area contributed by atoms with Crippen LogP contribution in [0.2, 0.25) is 0 Å². The first-order valence-electron chi connectivity index (χ1n) is 10.2. The molecule has 1 aliphatic rings. The van der Waals surface area contributed by atoms with Gasteiger partial charge in [-0.25, -0.2) is 9.97 Å². The van der Waals surface area contributed by atoms with Crippen LogP contribution in [-0.4, -0.2) is 52.0 Å². The van der Waals surface area contributed by atoms with Crippen molar-refractivity contribution in [3.8, 4) is 5.88 Å². The van der Waals surface area contributed by atoms with Crippen molar-refractivity contribution in [1.82, 2.24) is 19.9 Å². The molecule has 1 unspecified atom stereocenters. The second-order valence-corrected chi connectivity index (χ2v) is 7.67. The lowest BCUT2D eigenvalue weighted by Crippen LogP contribution is -2.35. The van der Waals surface area contributed by atoms with E-state index in [4.69, 9.17) is 4.74 Å². The van der Waals surface area contributed by atoms with Gasteiger partial charge in [0.05, 0.1) is 17.7 Å². The number of carbonyl (C=O) groups is 1. The van der Waals surface area contributed by atoms with E-state index in [0.29, 0.717) is 29.4 Å². The van der Waals surface area contributed by atoms with Gasteiger partial charge in [0, 0.05) is 31.5 Å². The summed E-state index contributed by atoms with van der Waals surface area (Å²) in [5.74, 6) is 1.58. The molecule has 7 heteroatoms. The molecule has 3 aromatic heterocycles. The highest BCUT2D eigenvalue weighted by Crippen LogP contribution is 2.21. The highest BCUT2D eigenvalue weighted by molar-refractivity contribution is 6.11. The molecule has 0 bridgehead atoms. The van der Waals surface area contributed by atoms with Crippen molar-refractivity contribution in [2.75, 3.05) is 31.6 Å². The fourth-order valence-corrected chi connectivity index (χ4v) is 3.81. The summed E-state index contributed by atoms with van der Waals surface area (Å²) in [5.41, 5.74) is 1.87. The molecule has 1 saturated heterocycles. The number of pyridine rings is 2. The van der Waals surface area contributed by atoms with Crippen LogP contribution in [0.3, 0.4) is 0 Å². The van der Waals surface area contributed by atoms with Gasteiger partial charge in [0.2, 0.25) is 5.88 Å². The molecule has 0 spiro atoms. The maximum Gasteiger partial charge on any atom is 0.260 e. The molecular weight excluding hydrogens is 366 g/mol. The van der Waals surface area contributed by atoms with Crippen LogP contribution in [0.5, 0.6) is 5.88 Å². The summed E-state index contributed by atoms with van der Waals surface area (Å²) in [6, 6.07) is 9.10. The zero-order valence-corrected chi connectivity index (χ0v) is 16.7. The molecule has 1 aliphatic heterocycles. The topological polar surface area (TPSA) is 83.1 Å². The third-order valence-corrected chi connectivity index (χ3v) is 5.26. The van der Waals surface area contributed by atoms with Crippen molar-refractivity contribution >= 4 is 22.8 Å². The molecule has 4 heterocycles. The number of H-pyrrole nitrogens is 1. The molecule has 152 valence electrons. The molecule has 4 rings (SSSR count). The zero-order chi connectivity index (χ0) is 20.1. The summed E-state index contributed by atoms with van der Waals surface area (Å²) in [5, 5.41) is 2.79. The van der Waals surface area contributed by atoms with Crippen LogP contribution in [0, 0.1) is 5.92 Å². The Balaban J connectivity index is 1.36. The number of anilines is 1. The quantitative estimate of drug-likeness (QED) is 0.598. The Morgan fingerprint density at radius 1 is 1.34 bits per heavy atom. The van der Waals surface area contributed by atoms with E-state index in [1.807, 2.05) is 18.2 Å². The molecule has 0 saturated carbocycles. The molecule has 1 amide bonds. The molecule has 7 nitrogen and oxygen atoms in total. The van der Waals surface area contributed by atoms with E-state index >= 15 is 0 Å². The minimum absolute atomic E-state index is 0.251. The normalized spacial score (nSPS) is 17.3. The van der Waals surface area contributed by atoms with Crippen molar-refractivity contribution in [1.29, 1.82) is 0 Å². The average molecular weight is 393 g/mol. The standard InChI is InChI=1S/C22H27N5O2/c1-16-6-4-11-27(15-16)12-5-13-29-20-9-8-18-21(26-20)17(14-24-18)22(28)25-19-7-2-3-10-23-19/h2-3,7-10,14,16,24H,4-6,11-13,15H2,1H3,(H,23,25,28). The first kappa shape index (κ1) is 19.4. The Kier molecular flexibility index (Phi) is 6.05. The Hall–Kier alpha value is -2.93. The molecule has 1 atom stereocenters. The van der Waals surface area contributed by atoms with Gasteiger partial charge in [0.15, 0.2) is 0 Å². The number of carbonyl (C=O) groups excluding carboxylic acids is 1. The number of aromatic nitrogens is 3. The number of piperidine rings is 1. The van der Waals surface area contributed by atoms with E-state index in [-0.39, 0.29) is 5.91 Å². The third-order valence-electron chi connectivity index (χ3n) is 5.26. The molecular formula is C22H27N5O2. The predicted molar refractivity (Wildman–Crippen MR) is 113 cm³/mol. The fourth-order valence-electron chi connectivity index (χ4n) is 3.81. The lowest BCUT2D eigenvalue weighted by atomic mass is 10.0. The SMILES string of the molecule is CC1CCCN(CCCOc2ccc3[nH]cc(C(=O)Nc4ccccn4)c3n2)C1. The van der Waals surface area contributed by atoms with Gasteiger partial charge in [-0.05, 0) is 49.9 Å². The minimum atomic E-state index is -0.251. The summed E-state index contributed by atoms with van der Waals surface area (Å²) in [7, 11) is 0. The predicted octanol–water partition coefficient (Wildman–Crippen LogP) is 3.71. The van der Waals surface area contributed by atoms with Crippen LogP contribution in [0.1, 0.15) is 36.5 Å². The van der Waals surface area contributed by atoms with Gasteiger partial charge in [-0.3, -0.25) is 4.79 Å². The van der Waals surface area contributed by atoms with Crippen LogP contribution in [0.25, 0.3) is 11.0 Å². The monoisotopic (exact) mass is 393 g/mol. The number of likely N-dealkylation sites (tertiary alicyclic amines) is 1. The van der Waals surface area contributed by atoms with Gasteiger partial charge < -0.3 is 19.9 Å². The maximum atomic E-state index is 12.6. The summed E-state index contributed by atoms with van der Waals surface area (Å²) >= 11 is 0. The maximum absolute atomic E-state index is 12.6. The van der Waals surface area contributed by atoms with E-state index in [9.17, 15) is 4.79 Å². The summed E-state index contributed by atoms with van der Waals surface area (Å²) in [6.07, 6.45) is 6.89. The van der Waals surface area contributed by atoms with Crippen LogP contribution in [-0.2, 0) is 0 Å². The number of fused-ring (bicyclic) bond motifs is 1. The number of aromatic amines is 1. The van der Waals surface area contributed by atoms with Crippen molar-refractivity contribution in [3.05, 3.63) is 48.3 Å². The van der Waals surface area contributed by atoms with Crippen molar-refractivity contribution < 1.29 is 9.53 Å². The third kappa shape index (κ3) is 4.92. The van der Waals surface area contributed by atoms with Gasteiger partial charge in [0.1, 0.15) is 11.3 Å². The lowest BCUT2D eigenvalue weighted by molar-refractivity contribution is 0.102. The Bertz CT molecular complexity index is 956. The van der Waals surface area contributed by atoms with E-state index in [1.54, 1.807) is 24.5 Å². The number of rotatable bonds is 7. The Morgan fingerprint density at radius 2 is 2.28 bits per heavy atom. The highest BCUT2D eigenvalue weighted by Gasteiger charge is 2.16. The van der Waals surface area contributed by atoms with Gasteiger partial charge in [-0.2, -0.15) is 0 Å². The highest BCUT2D eigenvalue weighted by atomic mass is 16.5. The molecule has 2 N–H and O–H groups in total. The van der Waals surface area contributed by atoms with E-state index in [1.165, 1.54) is 25.9 Å². The van der Waals surface area contributed by atoms with Crippen LogP contribution < -0.4 is 10.1 Å². The number of nitrogens with one attached hydrogen (secondary N) is 2. The number of ether oxygens (including phenoxy) is 1. The Morgan fingerprint density at radius 3 is 3.10 bits per heavy atom. The number of hydrogen-bond acceptors (Lipinski definition) is 5. The number of nitrogens with zero attached hydrogens (tertiary/aromatic N) is 3. The molecule has 29 heavy (non-hydrogen) atoms. The van der Waals surface area contributed by atoms with Crippen LogP contribution >= 0.6 is 0 Å². The number of hydrogen-bond donors (Lipinski definition) is 2. The van der Waals surface area contributed by atoms with Gasteiger partial charge in [0.25, 0.3) is 5.91 Å². The second kappa shape index (κ2) is 9.05. The van der Waals surface area contributed by atoms with Crippen molar-refractivity contribution in [2.45, 2.75) is 26.2 Å². The molecule has 0 aromatic carbocycles. The van der Waals surface area contributed by atoms with Crippen molar-refractivity contribution in [3.63, 3.8) is 0 Å². The zero-order valence-electron chi connectivity index (χ0n) is 16.7. The molecule has 1 fully saturated rings. The smallest absolute Gasteiger partial charge is 0.260 e. The van der Waals surface area contributed by atoms with Gasteiger partial charge in [-0.15, -0.1) is 0 Å². The van der Waals surface area contributed by atoms with Crippen LogP contribution in [0.15, 0.2) is 42.7 Å². The lowest BCUT2D eigenvalue weighted by Gasteiger charge is -2.30. The fraction of sp³-hybridized carbons (Fsp3) is 0.409. The Labute approximate surface area is 170 Å². The average Bonchev–Trinajstić information content (AvgIpc) is 3.15. The first-order chi connectivity index (χ1) is 14.2.